The summed E-state index contributed by atoms with van der Waals surface area (Å²) in [6, 6.07) is 2.93. The molecule has 0 radical (unpaired) electrons. The Balaban J connectivity index is 1.75. The molecule has 12 heteroatoms. The average molecular weight is 492 g/mol. The maximum atomic E-state index is 13.0. The van der Waals surface area contributed by atoms with Gasteiger partial charge in [0.25, 0.3) is 0 Å². The lowest BCUT2D eigenvalue weighted by atomic mass is 10.2. The molecule has 8 nitrogen and oxygen atoms in total. The summed E-state index contributed by atoms with van der Waals surface area (Å²) in [5.74, 6) is -0.475. The number of halogens is 4. The van der Waals surface area contributed by atoms with Crippen molar-refractivity contribution in [2.75, 3.05) is 57.7 Å². The normalized spacial score (nSPS) is 14.7. The molecule has 0 saturated carbocycles. The van der Waals surface area contributed by atoms with Crippen LogP contribution in [0.3, 0.4) is 0 Å². The van der Waals surface area contributed by atoms with Crippen LogP contribution in [0.2, 0.25) is 5.02 Å². The lowest BCUT2D eigenvalue weighted by molar-refractivity contribution is -0.137. The van der Waals surface area contributed by atoms with Gasteiger partial charge < -0.3 is 20.4 Å². The van der Waals surface area contributed by atoms with Crippen LogP contribution in [0, 0.1) is 0 Å². The number of carbonyl (C=O) groups is 3. The standard InChI is InChI=1S/C21H29ClF3N5O3/c1-3-29(4-2)19(32)7-8-26-20(33)30-11-9-28(10-12-30)14-18(31)27-15-5-6-17(22)16(13-15)21(23,24)25/h5-6,13H,3-4,7-12,14H2,1-2H3,(H,26,33)(H,27,31). The Kier molecular flexibility index (Phi) is 9.78. The molecule has 0 aliphatic carbocycles. The van der Waals surface area contributed by atoms with Gasteiger partial charge in [-0.05, 0) is 32.0 Å². The van der Waals surface area contributed by atoms with E-state index in [9.17, 15) is 27.6 Å². The van der Waals surface area contributed by atoms with E-state index in [1.165, 1.54) is 6.07 Å². The van der Waals surface area contributed by atoms with Crippen LogP contribution < -0.4 is 10.6 Å². The van der Waals surface area contributed by atoms with E-state index in [-0.39, 0.29) is 37.1 Å². The van der Waals surface area contributed by atoms with Gasteiger partial charge in [0.05, 0.1) is 17.1 Å². The number of amides is 4. The Morgan fingerprint density at radius 1 is 1.09 bits per heavy atom. The minimum absolute atomic E-state index is 0.00833. The lowest BCUT2D eigenvalue weighted by Gasteiger charge is -2.34. The van der Waals surface area contributed by atoms with Gasteiger partial charge >= 0.3 is 12.2 Å². The number of nitrogens with one attached hydrogen (secondary N) is 2. The zero-order valence-electron chi connectivity index (χ0n) is 18.7. The third kappa shape index (κ3) is 8.08. The number of benzene rings is 1. The molecule has 0 atom stereocenters. The van der Waals surface area contributed by atoms with Gasteiger partial charge in [0.2, 0.25) is 11.8 Å². The molecule has 0 spiro atoms. The second kappa shape index (κ2) is 12.1. The summed E-state index contributed by atoms with van der Waals surface area (Å²) < 4.78 is 38.9. The molecule has 0 bridgehead atoms. The average Bonchev–Trinajstić information content (AvgIpc) is 2.75. The van der Waals surface area contributed by atoms with Crippen molar-refractivity contribution in [3.63, 3.8) is 0 Å². The van der Waals surface area contributed by atoms with Crippen LogP contribution in [0.5, 0.6) is 0 Å². The van der Waals surface area contributed by atoms with Crippen molar-refractivity contribution in [1.82, 2.24) is 20.0 Å². The maximum Gasteiger partial charge on any atom is 0.417 e. The van der Waals surface area contributed by atoms with Crippen LogP contribution in [0.4, 0.5) is 23.7 Å². The third-order valence-electron chi connectivity index (χ3n) is 5.31. The Bertz CT molecular complexity index is 841. The summed E-state index contributed by atoms with van der Waals surface area (Å²) in [6.45, 7) is 6.94. The summed E-state index contributed by atoms with van der Waals surface area (Å²) in [5.41, 5.74) is -1.01. The first-order chi connectivity index (χ1) is 15.5. The smallest absolute Gasteiger partial charge is 0.343 e. The number of alkyl halides is 3. The number of carbonyl (C=O) groups excluding carboxylic acids is 3. The van der Waals surface area contributed by atoms with Gasteiger partial charge in [0.1, 0.15) is 0 Å². The highest BCUT2D eigenvalue weighted by molar-refractivity contribution is 6.31. The van der Waals surface area contributed by atoms with Crippen LogP contribution in [0.25, 0.3) is 0 Å². The van der Waals surface area contributed by atoms with E-state index in [0.717, 1.165) is 12.1 Å². The predicted molar refractivity (Wildman–Crippen MR) is 119 cm³/mol. The molecule has 184 valence electrons. The van der Waals surface area contributed by atoms with Crippen molar-refractivity contribution < 1.29 is 27.6 Å². The number of nitrogens with zero attached hydrogens (tertiary/aromatic N) is 3. The summed E-state index contributed by atoms with van der Waals surface area (Å²) in [5, 5.41) is 4.75. The van der Waals surface area contributed by atoms with Crippen LogP contribution >= 0.6 is 11.6 Å². The van der Waals surface area contributed by atoms with Crippen molar-refractivity contribution in [2.24, 2.45) is 0 Å². The molecule has 33 heavy (non-hydrogen) atoms. The molecule has 0 aromatic heterocycles. The molecule has 2 N–H and O–H groups in total. The molecule has 1 fully saturated rings. The van der Waals surface area contributed by atoms with Gasteiger partial charge in [-0.2, -0.15) is 13.2 Å². The first-order valence-corrected chi connectivity index (χ1v) is 11.1. The lowest BCUT2D eigenvalue weighted by Crippen LogP contribution is -2.53. The van der Waals surface area contributed by atoms with Gasteiger partial charge in [-0.3, -0.25) is 14.5 Å². The quantitative estimate of drug-likeness (QED) is 0.585. The summed E-state index contributed by atoms with van der Waals surface area (Å²) in [7, 11) is 0. The minimum atomic E-state index is -4.62. The van der Waals surface area contributed by atoms with E-state index in [1.807, 2.05) is 18.7 Å². The van der Waals surface area contributed by atoms with Crippen molar-refractivity contribution in [2.45, 2.75) is 26.4 Å². The number of anilines is 1. The first-order valence-electron chi connectivity index (χ1n) is 10.7. The summed E-state index contributed by atoms with van der Waals surface area (Å²) >= 11 is 5.59. The summed E-state index contributed by atoms with van der Waals surface area (Å²) in [6.07, 6.45) is -4.39. The molecule has 1 aromatic rings. The van der Waals surface area contributed by atoms with Crippen LogP contribution in [-0.4, -0.2) is 84.9 Å². The minimum Gasteiger partial charge on any atom is -0.343 e. The highest BCUT2D eigenvalue weighted by Crippen LogP contribution is 2.36. The van der Waals surface area contributed by atoms with Crippen molar-refractivity contribution in [1.29, 1.82) is 0 Å². The van der Waals surface area contributed by atoms with Crippen molar-refractivity contribution in [3.05, 3.63) is 28.8 Å². The molecule has 2 rings (SSSR count). The topological polar surface area (TPSA) is 85.0 Å². The fourth-order valence-electron chi connectivity index (χ4n) is 3.46. The van der Waals surface area contributed by atoms with Crippen LogP contribution in [0.15, 0.2) is 18.2 Å². The molecule has 1 aromatic carbocycles. The Morgan fingerprint density at radius 2 is 1.73 bits per heavy atom. The van der Waals surface area contributed by atoms with Crippen molar-refractivity contribution >= 4 is 35.1 Å². The molecular weight excluding hydrogens is 463 g/mol. The van der Waals surface area contributed by atoms with E-state index in [2.05, 4.69) is 10.6 Å². The molecular formula is C21H29ClF3N5O3. The zero-order chi connectivity index (χ0) is 24.6. The van der Waals surface area contributed by atoms with E-state index in [1.54, 1.807) is 9.80 Å². The van der Waals surface area contributed by atoms with E-state index in [4.69, 9.17) is 11.6 Å². The summed E-state index contributed by atoms with van der Waals surface area (Å²) in [4.78, 5) is 41.6. The predicted octanol–water partition coefficient (Wildman–Crippen LogP) is 2.88. The van der Waals surface area contributed by atoms with E-state index >= 15 is 0 Å². The maximum absolute atomic E-state index is 13.0. The third-order valence-corrected chi connectivity index (χ3v) is 5.64. The van der Waals surface area contributed by atoms with Gasteiger partial charge in [0, 0.05) is 57.9 Å². The molecule has 1 saturated heterocycles. The van der Waals surface area contributed by atoms with Gasteiger partial charge in [-0.25, -0.2) is 4.79 Å². The van der Waals surface area contributed by atoms with E-state index in [0.29, 0.717) is 39.3 Å². The second-order valence-electron chi connectivity index (χ2n) is 7.55. The largest absolute Gasteiger partial charge is 0.417 e. The number of hydrogen-bond acceptors (Lipinski definition) is 4. The van der Waals surface area contributed by atoms with Gasteiger partial charge in [-0.15, -0.1) is 0 Å². The fraction of sp³-hybridized carbons (Fsp3) is 0.571. The number of rotatable bonds is 8. The molecule has 1 aliphatic rings. The van der Waals surface area contributed by atoms with Gasteiger partial charge in [-0.1, -0.05) is 11.6 Å². The van der Waals surface area contributed by atoms with Gasteiger partial charge in [0.15, 0.2) is 0 Å². The molecule has 0 unspecified atom stereocenters. The Labute approximate surface area is 196 Å². The Hall–Kier alpha value is -2.53. The van der Waals surface area contributed by atoms with E-state index < -0.39 is 22.7 Å². The molecule has 1 heterocycles. The zero-order valence-corrected chi connectivity index (χ0v) is 19.4. The fourth-order valence-corrected chi connectivity index (χ4v) is 3.68. The number of urea groups is 1. The number of piperazine rings is 1. The van der Waals surface area contributed by atoms with Crippen LogP contribution in [0.1, 0.15) is 25.8 Å². The highest BCUT2D eigenvalue weighted by atomic mass is 35.5. The second-order valence-corrected chi connectivity index (χ2v) is 7.96. The highest BCUT2D eigenvalue weighted by Gasteiger charge is 2.33. The number of hydrogen-bond donors (Lipinski definition) is 2. The monoisotopic (exact) mass is 491 g/mol. The Morgan fingerprint density at radius 3 is 2.30 bits per heavy atom. The first kappa shape index (κ1) is 26.7. The molecule has 4 amide bonds. The molecule has 1 aliphatic heterocycles. The SMILES string of the molecule is CCN(CC)C(=O)CCNC(=O)N1CCN(CC(=O)Nc2ccc(Cl)c(C(F)(F)F)c2)CC1. The van der Waals surface area contributed by atoms with Crippen molar-refractivity contribution in [3.8, 4) is 0 Å². The van der Waals surface area contributed by atoms with Crippen LogP contribution in [-0.2, 0) is 15.8 Å².